The van der Waals surface area contributed by atoms with E-state index in [1.54, 1.807) is 32.0 Å². The van der Waals surface area contributed by atoms with Crippen LogP contribution in [-0.4, -0.2) is 16.0 Å². The Labute approximate surface area is 126 Å². The number of amides is 1. The number of nitrogens with zero attached hydrogens (tertiary/aromatic N) is 2. The summed E-state index contributed by atoms with van der Waals surface area (Å²) in [4.78, 5) is 16.0. The SMILES string of the molecule is Cc1noc(C(C)NC(=O)Cc2ccc(Cl)cc2Cl)n1. The molecule has 0 radical (unpaired) electrons. The second-order valence-corrected chi connectivity index (χ2v) is 5.23. The highest BCUT2D eigenvalue weighted by Gasteiger charge is 2.16. The van der Waals surface area contributed by atoms with Gasteiger partial charge >= 0.3 is 0 Å². The van der Waals surface area contributed by atoms with Crippen LogP contribution in [0.2, 0.25) is 10.0 Å². The molecule has 106 valence electrons. The van der Waals surface area contributed by atoms with Crippen molar-refractivity contribution in [2.24, 2.45) is 0 Å². The smallest absolute Gasteiger partial charge is 0.248 e. The number of carbonyl (C=O) groups is 1. The lowest BCUT2D eigenvalue weighted by Gasteiger charge is -2.10. The molecule has 0 aliphatic rings. The summed E-state index contributed by atoms with van der Waals surface area (Å²) in [5, 5.41) is 7.46. The third kappa shape index (κ3) is 3.71. The summed E-state index contributed by atoms with van der Waals surface area (Å²) >= 11 is 11.8. The highest BCUT2D eigenvalue weighted by Crippen LogP contribution is 2.21. The Morgan fingerprint density at radius 2 is 2.20 bits per heavy atom. The summed E-state index contributed by atoms with van der Waals surface area (Å²) in [5.74, 6) is 0.720. The number of aryl methyl sites for hydroxylation is 1. The van der Waals surface area contributed by atoms with Crippen molar-refractivity contribution in [1.29, 1.82) is 0 Å². The monoisotopic (exact) mass is 313 g/mol. The first-order chi connectivity index (χ1) is 9.45. The van der Waals surface area contributed by atoms with Gasteiger partial charge in [-0.25, -0.2) is 0 Å². The van der Waals surface area contributed by atoms with Crippen molar-refractivity contribution in [2.45, 2.75) is 26.3 Å². The minimum Gasteiger partial charge on any atom is -0.344 e. The van der Waals surface area contributed by atoms with E-state index in [4.69, 9.17) is 27.7 Å². The fourth-order valence-corrected chi connectivity index (χ4v) is 2.16. The number of carbonyl (C=O) groups excluding carboxylic acids is 1. The minimum atomic E-state index is -0.352. The number of hydrogen-bond acceptors (Lipinski definition) is 4. The molecule has 2 rings (SSSR count). The molecule has 1 heterocycles. The van der Waals surface area contributed by atoms with Gasteiger partial charge in [0.15, 0.2) is 5.82 Å². The molecule has 0 saturated carbocycles. The zero-order valence-corrected chi connectivity index (χ0v) is 12.5. The third-order valence-electron chi connectivity index (χ3n) is 2.66. The first-order valence-electron chi connectivity index (χ1n) is 5.99. The van der Waals surface area contributed by atoms with Gasteiger partial charge in [0.1, 0.15) is 6.04 Å². The van der Waals surface area contributed by atoms with Crippen LogP contribution in [0.25, 0.3) is 0 Å². The van der Waals surface area contributed by atoms with Crippen molar-refractivity contribution in [3.63, 3.8) is 0 Å². The van der Waals surface area contributed by atoms with Crippen LogP contribution in [0.4, 0.5) is 0 Å². The third-order valence-corrected chi connectivity index (χ3v) is 3.24. The van der Waals surface area contributed by atoms with Crippen LogP contribution in [0.5, 0.6) is 0 Å². The number of benzene rings is 1. The molecule has 1 aromatic heterocycles. The Hall–Kier alpha value is -1.59. The van der Waals surface area contributed by atoms with Gasteiger partial charge in [-0.2, -0.15) is 4.98 Å². The molecule has 1 aromatic carbocycles. The molecule has 1 amide bonds. The Balaban J connectivity index is 1.98. The van der Waals surface area contributed by atoms with Crippen LogP contribution in [0.1, 0.15) is 30.2 Å². The van der Waals surface area contributed by atoms with Crippen molar-refractivity contribution < 1.29 is 9.32 Å². The Kier molecular flexibility index (Phi) is 4.62. The molecule has 20 heavy (non-hydrogen) atoms. The number of nitrogens with one attached hydrogen (secondary N) is 1. The average Bonchev–Trinajstić information content (AvgIpc) is 2.79. The van der Waals surface area contributed by atoms with Crippen LogP contribution in [-0.2, 0) is 11.2 Å². The van der Waals surface area contributed by atoms with Crippen LogP contribution in [0.15, 0.2) is 22.7 Å². The minimum absolute atomic E-state index is 0.160. The average molecular weight is 314 g/mol. The van der Waals surface area contributed by atoms with Crippen molar-refractivity contribution >= 4 is 29.1 Å². The van der Waals surface area contributed by atoms with Crippen LogP contribution >= 0.6 is 23.2 Å². The largest absolute Gasteiger partial charge is 0.344 e. The van der Waals surface area contributed by atoms with E-state index in [9.17, 15) is 4.79 Å². The van der Waals surface area contributed by atoms with Gasteiger partial charge in [0.05, 0.1) is 6.42 Å². The maximum absolute atomic E-state index is 11.9. The van der Waals surface area contributed by atoms with Gasteiger partial charge in [-0.1, -0.05) is 34.4 Å². The lowest BCUT2D eigenvalue weighted by Crippen LogP contribution is -2.28. The highest BCUT2D eigenvalue weighted by molar-refractivity contribution is 6.35. The second kappa shape index (κ2) is 6.24. The Bertz CT molecular complexity index is 628. The number of halogens is 2. The molecule has 0 bridgehead atoms. The topological polar surface area (TPSA) is 68.0 Å². The summed E-state index contributed by atoms with van der Waals surface area (Å²) in [6.45, 7) is 3.49. The molecule has 0 aliphatic heterocycles. The van der Waals surface area contributed by atoms with E-state index >= 15 is 0 Å². The van der Waals surface area contributed by atoms with E-state index in [0.29, 0.717) is 27.3 Å². The molecule has 0 saturated heterocycles. The molecule has 7 heteroatoms. The maximum Gasteiger partial charge on any atom is 0.248 e. The second-order valence-electron chi connectivity index (χ2n) is 4.38. The molecule has 0 aliphatic carbocycles. The van der Waals surface area contributed by atoms with E-state index in [0.717, 1.165) is 0 Å². The number of hydrogen-bond donors (Lipinski definition) is 1. The van der Waals surface area contributed by atoms with E-state index in [1.165, 1.54) is 0 Å². The van der Waals surface area contributed by atoms with E-state index < -0.39 is 0 Å². The van der Waals surface area contributed by atoms with Gasteiger partial charge in [-0.05, 0) is 31.5 Å². The maximum atomic E-state index is 11.9. The molecular formula is C13H13Cl2N3O2. The van der Waals surface area contributed by atoms with Crippen LogP contribution < -0.4 is 5.32 Å². The van der Waals surface area contributed by atoms with Crippen molar-refractivity contribution in [1.82, 2.24) is 15.5 Å². The first kappa shape index (κ1) is 14.8. The molecule has 1 atom stereocenters. The van der Waals surface area contributed by atoms with Gasteiger partial charge in [0.25, 0.3) is 0 Å². The van der Waals surface area contributed by atoms with Crippen molar-refractivity contribution in [2.75, 3.05) is 0 Å². The van der Waals surface area contributed by atoms with Crippen LogP contribution in [0, 0.1) is 6.92 Å². The molecule has 5 nitrogen and oxygen atoms in total. The molecule has 1 N–H and O–H groups in total. The Morgan fingerprint density at radius 1 is 1.45 bits per heavy atom. The van der Waals surface area contributed by atoms with Crippen molar-refractivity contribution in [3.8, 4) is 0 Å². The van der Waals surface area contributed by atoms with Gasteiger partial charge in [0.2, 0.25) is 11.8 Å². The highest BCUT2D eigenvalue weighted by atomic mass is 35.5. The van der Waals surface area contributed by atoms with Gasteiger partial charge in [-0.3, -0.25) is 4.79 Å². The zero-order chi connectivity index (χ0) is 14.7. The summed E-state index contributed by atoms with van der Waals surface area (Å²) in [6, 6.07) is 4.68. The summed E-state index contributed by atoms with van der Waals surface area (Å²) in [5.41, 5.74) is 0.711. The Morgan fingerprint density at radius 3 is 2.80 bits per heavy atom. The van der Waals surface area contributed by atoms with Crippen LogP contribution in [0.3, 0.4) is 0 Å². The number of rotatable bonds is 4. The fourth-order valence-electron chi connectivity index (χ4n) is 1.68. The lowest BCUT2D eigenvalue weighted by molar-refractivity contribution is -0.121. The molecule has 2 aromatic rings. The van der Waals surface area contributed by atoms with Crippen molar-refractivity contribution in [3.05, 3.63) is 45.5 Å². The summed E-state index contributed by atoms with van der Waals surface area (Å²) in [7, 11) is 0. The molecule has 0 fully saturated rings. The van der Waals surface area contributed by atoms with Gasteiger partial charge in [-0.15, -0.1) is 0 Å². The predicted molar refractivity (Wildman–Crippen MR) is 75.8 cm³/mol. The zero-order valence-electron chi connectivity index (χ0n) is 11.0. The van der Waals surface area contributed by atoms with E-state index in [2.05, 4.69) is 15.5 Å². The normalized spacial score (nSPS) is 12.2. The molecular weight excluding hydrogens is 301 g/mol. The lowest BCUT2D eigenvalue weighted by atomic mass is 10.1. The summed E-state index contributed by atoms with van der Waals surface area (Å²) in [6.07, 6.45) is 0.160. The fraction of sp³-hybridized carbons (Fsp3) is 0.308. The van der Waals surface area contributed by atoms with E-state index in [-0.39, 0.29) is 18.4 Å². The van der Waals surface area contributed by atoms with E-state index in [1.807, 2.05) is 0 Å². The van der Waals surface area contributed by atoms with Gasteiger partial charge < -0.3 is 9.84 Å². The number of aromatic nitrogens is 2. The molecule has 0 spiro atoms. The van der Waals surface area contributed by atoms with Gasteiger partial charge in [0, 0.05) is 10.0 Å². The summed E-state index contributed by atoms with van der Waals surface area (Å²) < 4.78 is 5.00. The predicted octanol–water partition coefficient (Wildman–Crippen LogP) is 3.10. The quantitative estimate of drug-likeness (QED) is 0.941. The standard InChI is InChI=1S/C13H13Cl2N3O2/c1-7(13-17-8(2)18-20-13)16-12(19)5-9-3-4-10(14)6-11(9)15/h3-4,6-7H,5H2,1-2H3,(H,16,19). The molecule has 1 unspecified atom stereocenters. The first-order valence-corrected chi connectivity index (χ1v) is 6.75.